The molecule has 0 heterocycles. The number of nitrogens with one attached hydrogen (secondary N) is 1. The Balaban J connectivity index is 2.30. The van der Waals surface area contributed by atoms with E-state index in [1.165, 1.54) is 0 Å². The maximum Gasteiger partial charge on any atom is 0.254 e. The molecule has 1 saturated carbocycles. The van der Waals surface area contributed by atoms with Crippen LogP contribution in [0.15, 0.2) is 23.1 Å². The molecular weight excluding hydrogens is 283 g/mol. The van der Waals surface area contributed by atoms with E-state index in [0.29, 0.717) is 0 Å². The lowest BCUT2D eigenvalue weighted by Gasteiger charge is -2.25. The summed E-state index contributed by atoms with van der Waals surface area (Å²) in [6.45, 7) is 1.90. The molecule has 7 heteroatoms. The van der Waals surface area contributed by atoms with E-state index in [-0.39, 0.29) is 16.0 Å². The number of sulfonamides is 1. The van der Waals surface area contributed by atoms with E-state index < -0.39 is 21.7 Å². The highest BCUT2D eigenvalue weighted by Crippen LogP contribution is 2.29. The molecule has 5 nitrogen and oxygen atoms in total. The van der Waals surface area contributed by atoms with Crippen molar-refractivity contribution >= 4 is 15.9 Å². The molecule has 0 unspecified atom stereocenters. The molecule has 0 aromatic heterocycles. The van der Waals surface area contributed by atoms with Crippen molar-refractivity contribution in [1.29, 1.82) is 0 Å². The van der Waals surface area contributed by atoms with E-state index in [9.17, 15) is 17.6 Å². The highest BCUT2D eigenvalue weighted by Gasteiger charge is 2.31. The van der Waals surface area contributed by atoms with Crippen LogP contribution in [0.1, 0.15) is 43.0 Å². The Labute approximate surface area is 117 Å². The Kier molecular flexibility index (Phi) is 3.84. The molecule has 1 aromatic rings. The van der Waals surface area contributed by atoms with Gasteiger partial charge in [0.05, 0.1) is 10.5 Å². The van der Waals surface area contributed by atoms with E-state index in [1.54, 1.807) is 0 Å². The van der Waals surface area contributed by atoms with Crippen LogP contribution in [0, 0.1) is 5.82 Å². The Hall–Kier alpha value is -1.47. The quantitative estimate of drug-likeness (QED) is 0.887. The van der Waals surface area contributed by atoms with E-state index in [4.69, 9.17) is 5.14 Å². The zero-order chi connectivity index (χ0) is 15.0. The highest BCUT2D eigenvalue weighted by atomic mass is 32.2. The summed E-state index contributed by atoms with van der Waals surface area (Å²) in [6, 6.07) is 2.95. The van der Waals surface area contributed by atoms with Gasteiger partial charge in [-0.2, -0.15) is 0 Å². The number of carbonyl (C=O) groups is 1. The van der Waals surface area contributed by atoms with Gasteiger partial charge in [0.1, 0.15) is 5.82 Å². The molecule has 1 aliphatic rings. The molecule has 0 aliphatic heterocycles. The zero-order valence-electron chi connectivity index (χ0n) is 11.1. The first-order chi connectivity index (χ1) is 9.21. The maximum atomic E-state index is 13.7. The average Bonchev–Trinajstić information content (AvgIpc) is 2.74. The number of nitrogens with two attached hydrogens (primary N) is 1. The summed E-state index contributed by atoms with van der Waals surface area (Å²) in [5, 5.41) is 7.76. The summed E-state index contributed by atoms with van der Waals surface area (Å²) >= 11 is 0. The third kappa shape index (κ3) is 3.16. The molecule has 1 fully saturated rings. The van der Waals surface area contributed by atoms with Gasteiger partial charge in [0.15, 0.2) is 0 Å². The third-order valence-corrected chi connectivity index (χ3v) is 4.54. The van der Waals surface area contributed by atoms with Crippen LogP contribution in [0.3, 0.4) is 0 Å². The lowest BCUT2D eigenvalue weighted by atomic mass is 10.00. The molecule has 1 amide bonds. The second-order valence-corrected chi connectivity index (χ2v) is 6.97. The normalized spacial score (nSPS) is 17.9. The van der Waals surface area contributed by atoms with Crippen LogP contribution >= 0.6 is 0 Å². The van der Waals surface area contributed by atoms with Crippen LogP contribution in [0.2, 0.25) is 0 Å². The number of primary sulfonamides is 1. The molecule has 0 atom stereocenters. The summed E-state index contributed by atoms with van der Waals surface area (Å²) in [5.41, 5.74) is -0.661. The van der Waals surface area contributed by atoms with Gasteiger partial charge in [-0.1, -0.05) is 12.8 Å². The Morgan fingerprint density at radius 1 is 1.35 bits per heavy atom. The fourth-order valence-electron chi connectivity index (χ4n) is 2.48. The molecule has 0 spiro atoms. The van der Waals surface area contributed by atoms with Crippen LogP contribution in [0.5, 0.6) is 0 Å². The van der Waals surface area contributed by atoms with Gasteiger partial charge >= 0.3 is 0 Å². The van der Waals surface area contributed by atoms with Crippen molar-refractivity contribution in [3.63, 3.8) is 0 Å². The van der Waals surface area contributed by atoms with Gasteiger partial charge in [0.25, 0.3) is 5.91 Å². The van der Waals surface area contributed by atoms with E-state index in [1.807, 2.05) is 6.92 Å². The standard InChI is InChI=1S/C13H17FN2O3S/c1-13(6-2-3-7-13)16-12(17)10-8-9(20(15,18)19)4-5-11(10)14/h4-5,8H,2-3,6-7H2,1H3,(H,16,17)(H2,15,18,19). The van der Waals surface area contributed by atoms with Gasteiger partial charge in [-0.05, 0) is 38.0 Å². The number of hydrogen-bond acceptors (Lipinski definition) is 3. The molecule has 3 N–H and O–H groups in total. The monoisotopic (exact) mass is 300 g/mol. The number of benzene rings is 1. The van der Waals surface area contributed by atoms with Crippen LogP contribution in [-0.2, 0) is 10.0 Å². The first-order valence-corrected chi connectivity index (χ1v) is 7.91. The van der Waals surface area contributed by atoms with Crippen molar-refractivity contribution in [2.24, 2.45) is 5.14 Å². The Morgan fingerprint density at radius 3 is 2.50 bits per heavy atom. The smallest absolute Gasteiger partial charge is 0.254 e. The van der Waals surface area contributed by atoms with E-state index in [0.717, 1.165) is 43.9 Å². The number of halogens is 1. The Morgan fingerprint density at radius 2 is 1.95 bits per heavy atom. The molecule has 0 bridgehead atoms. The first kappa shape index (κ1) is 14.9. The van der Waals surface area contributed by atoms with Gasteiger partial charge in [-0.15, -0.1) is 0 Å². The lowest BCUT2D eigenvalue weighted by molar-refractivity contribution is 0.0903. The fourth-order valence-corrected chi connectivity index (χ4v) is 3.02. The van der Waals surface area contributed by atoms with Crippen molar-refractivity contribution in [2.75, 3.05) is 0 Å². The minimum Gasteiger partial charge on any atom is -0.347 e. The molecule has 1 aromatic carbocycles. The molecule has 20 heavy (non-hydrogen) atoms. The number of hydrogen-bond donors (Lipinski definition) is 2. The van der Waals surface area contributed by atoms with Crippen molar-refractivity contribution in [1.82, 2.24) is 5.32 Å². The molecule has 1 aliphatic carbocycles. The molecule has 110 valence electrons. The number of rotatable bonds is 3. The number of amides is 1. The van der Waals surface area contributed by atoms with Crippen molar-refractivity contribution in [3.8, 4) is 0 Å². The van der Waals surface area contributed by atoms with Gasteiger partial charge in [-0.25, -0.2) is 17.9 Å². The van der Waals surface area contributed by atoms with Crippen LogP contribution in [0.4, 0.5) is 4.39 Å². The summed E-state index contributed by atoms with van der Waals surface area (Å²) in [7, 11) is -3.96. The lowest BCUT2D eigenvalue weighted by Crippen LogP contribution is -2.43. The van der Waals surface area contributed by atoms with Crippen LogP contribution < -0.4 is 10.5 Å². The first-order valence-electron chi connectivity index (χ1n) is 6.36. The van der Waals surface area contributed by atoms with Gasteiger partial charge in [-0.3, -0.25) is 4.79 Å². The summed E-state index contributed by atoms with van der Waals surface area (Å²) in [6.07, 6.45) is 3.68. The van der Waals surface area contributed by atoms with Gasteiger partial charge in [0.2, 0.25) is 10.0 Å². The predicted molar refractivity (Wildman–Crippen MR) is 72.1 cm³/mol. The van der Waals surface area contributed by atoms with Gasteiger partial charge in [0, 0.05) is 5.54 Å². The van der Waals surface area contributed by atoms with Crippen LogP contribution in [0.25, 0.3) is 0 Å². The Bertz CT molecular complexity index is 637. The van der Waals surface area contributed by atoms with Crippen molar-refractivity contribution < 1.29 is 17.6 Å². The summed E-state index contributed by atoms with van der Waals surface area (Å²) < 4.78 is 36.2. The van der Waals surface area contributed by atoms with Crippen molar-refractivity contribution in [2.45, 2.75) is 43.0 Å². The minimum absolute atomic E-state index is 0.277. The fraction of sp³-hybridized carbons (Fsp3) is 0.462. The topological polar surface area (TPSA) is 89.3 Å². The zero-order valence-corrected chi connectivity index (χ0v) is 12.0. The predicted octanol–water partition coefficient (Wildman–Crippen LogP) is 1.54. The SMILES string of the molecule is CC1(NC(=O)c2cc(S(N)(=O)=O)ccc2F)CCCC1. The van der Waals surface area contributed by atoms with Crippen LogP contribution in [-0.4, -0.2) is 19.9 Å². The second-order valence-electron chi connectivity index (χ2n) is 5.41. The largest absolute Gasteiger partial charge is 0.347 e. The molecular formula is C13H17FN2O3S. The van der Waals surface area contributed by atoms with E-state index >= 15 is 0 Å². The minimum atomic E-state index is -3.96. The average molecular weight is 300 g/mol. The maximum absolute atomic E-state index is 13.7. The molecule has 0 saturated heterocycles. The van der Waals surface area contributed by atoms with Crippen molar-refractivity contribution in [3.05, 3.63) is 29.6 Å². The number of carbonyl (C=O) groups excluding carboxylic acids is 1. The van der Waals surface area contributed by atoms with Gasteiger partial charge < -0.3 is 5.32 Å². The second kappa shape index (κ2) is 5.14. The molecule has 0 radical (unpaired) electrons. The van der Waals surface area contributed by atoms with E-state index in [2.05, 4.69) is 5.32 Å². The highest BCUT2D eigenvalue weighted by molar-refractivity contribution is 7.89. The third-order valence-electron chi connectivity index (χ3n) is 3.63. The summed E-state index contributed by atoms with van der Waals surface area (Å²) in [4.78, 5) is 11.8. The summed E-state index contributed by atoms with van der Waals surface area (Å²) in [5.74, 6) is -1.38. The molecule has 2 rings (SSSR count).